The molecule has 0 aromatic carbocycles. The highest BCUT2D eigenvalue weighted by Gasteiger charge is 2.37. The Kier molecular flexibility index (Phi) is 4.62. The van der Waals surface area contributed by atoms with Crippen LogP contribution in [0, 0.1) is 6.42 Å². The molecule has 5 nitrogen and oxygen atoms in total. The van der Waals surface area contributed by atoms with Crippen molar-refractivity contribution in [3.05, 3.63) is 30.4 Å². The van der Waals surface area contributed by atoms with Crippen LogP contribution in [0.1, 0.15) is 13.8 Å². The Hall–Kier alpha value is -1.59. The van der Waals surface area contributed by atoms with Crippen LogP contribution in [0.2, 0.25) is 0 Å². The highest BCUT2D eigenvalue weighted by atomic mass is 16.5. The zero-order chi connectivity index (χ0) is 14.7. The van der Waals surface area contributed by atoms with Gasteiger partial charge in [-0.25, -0.2) is 0 Å². The van der Waals surface area contributed by atoms with E-state index in [1.165, 1.54) is 0 Å². The maximum atomic E-state index is 12.0. The number of ether oxygens (including phenoxy) is 1. The van der Waals surface area contributed by atoms with Crippen LogP contribution in [0.15, 0.2) is 24.0 Å². The first-order valence-corrected chi connectivity index (χ1v) is 6.93. The van der Waals surface area contributed by atoms with Gasteiger partial charge in [0.05, 0.1) is 18.8 Å². The predicted molar refractivity (Wildman–Crippen MR) is 76.8 cm³/mol. The minimum atomic E-state index is -0.199. The lowest BCUT2D eigenvalue weighted by Crippen LogP contribution is -2.54. The Morgan fingerprint density at radius 2 is 2.35 bits per heavy atom. The molecule has 2 rings (SSSR count). The number of hydrogen-bond acceptors (Lipinski definition) is 4. The topological polar surface area (TPSA) is 52.8 Å². The number of allylic oxidation sites excluding steroid dienone is 1. The zero-order valence-electron chi connectivity index (χ0n) is 12.1. The lowest BCUT2D eigenvalue weighted by Gasteiger charge is -2.39. The SMILES string of the molecule is C=C(O)C1=C[CH+]C=[N+](CCN2CC(OC(C)C)C2)C1=O. The molecule has 0 saturated carbocycles. The van der Waals surface area contributed by atoms with E-state index in [0.717, 1.165) is 19.6 Å². The molecule has 108 valence electrons. The Morgan fingerprint density at radius 3 is 2.95 bits per heavy atom. The van der Waals surface area contributed by atoms with Crippen LogP contribution in [-0.4, -0.2) is 65.1 Å². The van der Waals surface area contributed by atoms with Crippen LogP contribution in [-0.2, 0) is 9.53 Å². The third-order valence-electron chi connectivity index (χ3n) is 3.38. The van der Waals surface area contributed by atoms with Crippen LogP contribution >= 0.6 is 0 Å². The molecule has 0 spiro atoms. The highest BCUT2D eigenvalue weighted by molar-refractivity contribution is 5.96. The summed E-state index contributed by atoms with van der Waals surface area (Å²) in [4.78, 5) is 14.3. The van der Waals surface area contributed by atoms with Gasteiger partial charge in [-0.15, -0.1) is 4.58 Å². The molecular formula is C15H22N2O3+2. The average Bonchev–Trinajstić information content (AvgIpc) is 2.32. The molecule has 1 fully saturated rings. The lowest BCUT2D eigenvalue weighted by molar-refractivity contribution is -0.442. The van der Waals surface area contributed by atoms with Crippen molar-refractivity contribution >= 4 is 12.1 Å². The quantitative estimate of drug-likeness (QED) is 0.446. The van der Waals surface area contributed by atoms with E-state index < -0.39 is 0 Å². The maximum Gasteiger partial charge on any atom is 0.508 e. The van der Waals surface area contributed by atoms with Crippen molar-refractivity contribution in [2.24, 2.45) is 0 Å². The molecule has 0 aliphatic carbocycles. The van der Waals surface area contributed by atoms with Crippen molar-refractivity contribution in [2.75, 3.05) is 26.2 Å². The molecule has 0 atom stereocenters. The van der Waals surface area contributed by atoms with Gasteiger partial charge in [0.25, 0.3) is 11.8 Å². The van der Waals surface area contributed by atoms with E-state index >= 15 is 0 Å². The molecule has 2 heterocycles. The van der Waals surface area contributed by atoms with Gasteiger partial charge in [-0.1, -0.05) is 0 Å². The first-order chi connectivity index (χ1) is 9.47. The van der Waals surface area contributed by atoms with E-state index in [9.17, 15) is 9.90 Å². The minimum Gasteiger partial charge on any atom is -0.492 e. The standard InChI is InChI=1S/C15H21N2O3/c1-11(2)20-13-9-16(10-13)7-8-17-6-4-5-14(12(3)18)15(17)19/h4-6,11,13H,3,7-10H2,1-2H3/q+1/p+1. The summed E-state index contributed by atoms with van der Waals surface area (Å²) in [5, 5.41) is 9.35. The number of carbonyl (C=O) groups excluding carboxylic acids is 1. The van der Waals surface area contributed by atoms with E-state index in [1.807, 2.05) is 13.8 Å². The van der Waals surface area contributed by atoms with Crippen LogP contribution in [0.25, 0.3) is 0 Å². The molecule has 0 unspecified atom stereocenters. The Labute approximate surface area is 119 Å². The molecule has 1 saturated heterocycles. The first kappa shape index (κ1) is 14.8. The third kappa shape index (κ3) is 3.49. The molecule has 0 aromatic rings. The van der Waals surface area contributed by atoms with E-state index in [1.54, 1.807) is 23.3 Å². The number of hydrogen-bond donors (Lipinski definition) is 1. The first-order valence-electron chi connectivity index (χ1n) is 6.93. The summed E-state index contributed by atoms with van der Waals surface area (Å²) < 4.78 is 7.29. The van der Waals surface area contributed by atoms with E-state index in [-0.39, 0.29) is 23.3 Å². The zero-order valence-corrected chi connectivity index (χ0v) is 12.1. The molecule has 0 aromatic heterocycles. The van der Waals surface area contributed by atoms with Crippen molar-refractivity contribution in [3.63, 3.8) is 0 Å². The molecule has 1 amide bonds. The lowest BCUT2D eigenvalue weighted by atomic mass is 10.1. The smallest absolute Gasteiger partial charge is 0.492 e. The molecule has 2 aliphatic rings. The van der Waals surface area contributed by atoms with Crippen molar-refractivity contribution in [1.29, 1.82) is 0 Å². The molecular weight excluding hydrogens is 256 g/mol. The fourth-order valence-corrected chi connectivity index (χ4v) is 2.36. The van der Waals surface area contributed by atoms with Crippen LogP contribution < -0.4 is 0 Å². The number of aliphatic hydroxyl groups excluding tert-OH is 1. The van der Waals surface area contributed by atoms with Crippen molar-refractivity contribution in [2.45, 2.75) is 26.1 Å². The van der Waals surface area contributed by atoms with Gasteiger partial charge in [0.1, 0.15) is 12.5 Å². The number of carbonyl (C=O) groups is 1. The van der Waals surface area contributed by atoms with Crippen LogP contribution in [0.3, 0.4) is 0 Å². The average molecular weight is 278 g/mol. The van der Waals surface area contributed by atoms with Crippen molar-refractivity contribution in [1.82, 2.24) is 4.90 Å². The van der Waals surface area contributed by atoms with Gasteiger partial charge in [-0.2, -0.15) is 4.79 Å². The van der Waals surface area contributed by atoms with Gasteiger partial charge < -0.3 is 9.84 Å². The number of likely N-dealkylation sites (tertiary alicyclic amines) is 1. The normalized spacial score (nSPS) is 20.2. The Morgan fingerprint density at radius 1 is 1.65 bits per heavy atom. The minimum absolute atomic E-state index is 0.182. The Balaban J connectivity index is 1.75. The summed E-state index contributed by atoms with van der Waals surface area (Å²) in [7, 11) is 0. The molecule has 1 N–H and O–H groups in total. The van der Waals surface area contributed by atoms with Gasteiger partial charge in [0.2, 0.25) is 5.76 Å². The monoisotopic (exact) mass is 278 g/mol. The van der Waals surface area contributed by atoms with Crippen LogP contribution in [0.5, 0.6) is 0 Å². The van der Waals surface area contributed by atoms with Gasteiger partial charge in [0, 0.05) is 13.1 Å². The van der Waals surface area contributed by atoms with Crippen molar-refractivity contribution in [3.8, 4) is 0 Å². The largest absolute Gasteiger partial charge is 0.508 e. The second-order valence-electron chi connectivity index (χ2n) is 5.43. The molecule has 20 heavy (non-hydrogen) atoms. The highest BCUT2D eigenvalue weighted by Crippen LogP contribution is 2.14. The Bertz CT molecular complexity index is 460. The van der Waals surface area contributed by atoms with E-state index in [4.69, 9.17) is 4.74 Å². The van der Waals surface area contributed by atoms with Crippen molar-refractivity contribution < 1.29 is 19.2 Å². The second kappa shape index (κ2) is 6.24. The van der Waals surface area contributed by atoms with Gasteiger partial charge in [0.15, 0.2) is 6.54 Å². The second-order valence-corrected chi connectivity index (χ2v) is 5.43. The predicted octanol–water partition coefficient (Wildman–Crippen LogP) is 0.921. The molecule has 0 bridgehead atoms. The number of rotatable bonds is 6. The van der Waals surface area contributed by atoms with Gasteiger partial charge in [-0.3, -0.25) is 4.90 Å². The van der Waals surface area contributed by atoms with E-state index in [2.05, 4.69) is 11.5 Å². The number of aliphatic hydroxyl groups is 1. The van der Waals surface area contributed by atoms with Gasteiger partial charge >= 0.3 is 5.91 Å². The summed E-state index contributed by atoms with van der Waals surface area (Å²) in [5.74, 6) is -0.380. The maximum absolute atomic E-state index is 12.0. The summed E-state index contributed by atoms with van der Waals surface area (Å²) in [6.45, 7) is 10.7. The molecule has 0 radical (unpaired) electrons. The fourth-order valence-electron chi connectivity index (χ4n) is 2.36. The van der Waals surface area contributed by atoms with Crippen LogP contribution in [0.4, 0.5) is 0 Å². The summed E-state index contributed by atoms with van der Waals surface area (Å²) in [6, 6.07) is 0. The summed E-state index contributed by atoms with van der Waals surface area (Å²) in [6.07, 6.45) is 5.64. The third-order valence-corrected chi connectivity index (χ3v) is 3.38. The van der Waals surface area contributed by atoms with Gasteiger partial charge in [-0.05, 0) is 20.4 Å². The summed E-state index contributed by atoms with van der Waals surface area (Å²) >= 11 is 0. The molecule has 5 heteroatoms. The fraction of sp³-hybridized carbons (Fsp3) is 0.533. The molecule has 2 aliphatic heterocycles. The summed E-state index contributed by atoms with van der Waals surface area (Å²) in [5.41, 5.74) is 0.261. The number of amides is 1. The van der Waals surface area contributed by atoms with E-state index in [0.29, 0.717) is 12.6 Å². The number of nitrogens with zero attached hydrogens (tertiary/aromatic N) is 2.